The zero-order chi connectivity index (χ0) is 18.3. The Kier molecular flexibility index (Phi) is 8.66. The molecule has 0 aromatic rings. The van der Waals surface area contributed by atoms with Gasteiger partial charge in [-0.1, -0.05) is 20.8 Å². The van der Waals surface area contributed by atoms with Crippen molar-refractivity contribution in [3.8, 4) is 0 Å². The standard InChI is InChI=1S/C17H33N3O4/c1-12(2)11-14(21)19(4)15(17(18)23)16(22)13(3)5-6-20-7-9-24-10-8-20/h12-13,15-16,22H,5-11H2,1-4H3,(H2,18,23)/t13-,15+,16-/m1/s1. The highest BCUT2D eigenvalue weighted by Gasteiger charge is 2.35. The van der Waals surface area contributed by atoms with Crippen molar-refractivity contribution in [3.05, 3.63) is 0 Å². The number of primary amides is 1. The SMILES string of the molecule is CC(C)CC(=O)N(C)[C@H](C(N)=O)[C@H](O)[C@H](C)CCN1CCOCC1. The number of carbonyl (C=O) groups excluding carboxylic acids is 2. The first-order valence-corrected chi connectivity index (χ1v) is 8.77. The van der Waals surface area contributed by atoms with Gasteiger partial charge in [-0.25, -0.2) is 0 Å². The van der Waals surface area contributed by atoms with Crippen LogP contribution < -0.4 is 5.73 Å². The van der Waals surface area contributed by atoms with E-state index in [9.17, 15) is 14.7 Å². The van der Waals surface area contributed by atoms with E-state index in [1.807, 2.05) is 20.8 Å². The molecule has 0 aromatic heterocycles. The number of amides is 2. The lowest BCUT2D eigenvalue weighted by Gasteiger charge is -2.34. The van der Waals surface area contributed by atoms with E-state index in [1.54, 1.807) is 0 Å². The molecule has 7 heteroatoms. The second-order valence-electron chi connectivity index (χ2n) is 7.16. The fourth-order valence-corrected chi connectivity index (χ4v) is 2.93. The summed E-state index contributed by atoms with van der Waals surface area (Å²) in [5.41, 5.74) is 5.46. The summed E-state index contributed by atoms with van der Waals surface area (Å²) in [7, 11) is 1.54. The van der Waals surface area contributed by atoms with Crippen LogP contribution in [0.4, 0.5) is 0 Å². The first-order valence-electron chi connectivity index (χ1n) is 8.77. The van der Waals surface area contributed by atoms with Gasteiger partial charge in [0, 0.05) is 26.6 Å². The molecule has 0 unspecified atom stereocenters. The van der Waals surface area contributed by atoms with Crippen molar-refractivity contribution in [1.29, 1.82) is 0 Å². The summed E-state index contributed by atoms with van der Waals surface area (Å²) in [6.07, 6.45) is 0.0939. The van der Waals surface area contributed by atoms with Crippen molar-refractivity contribution in [2.45, 2.75) is 45.8 Å². The number of carbonyl (C=O) groups is 2. The molecule has 24 heavy (non-hydrogen) atoms. The van der Waals surface area contributed by atoms with Crippen LogP contribution in [0.25, 0.3) is 0 Å². The van der Waals surface area contributed by atoms with Gasteiger partial charge >= 0.3 is 0 Å². The Morgan fingerprint density at radius 2 is 1.83 bits per heavy atom. The van der Waals surface area contributed by atoms with Gasteiger partial charge in [-0.3, -0.25) is 14.5 Å². The second-order valence-corrected chi connectivity index (χ2v) is 7.16. The molecule has 0 aliphatic carbocycles. The first-order chi connectivity index (χ1) is 11.2. The summed E-state index contributed by atoms with van der Waals surface area (Å²) in [6.45, 7) is 9.82. The Balaban J connectivity index is 2.61. The Morgan fingerprint density at radius 1 is 1.25 bits per heavy atom. The molecular weight excluding hydrogens is 310 g/mol. The number of morpholine rings is 1. The average molecular weight is 343 g/mol. The number of nitrogens with zero attached hydrogens (tertiary/aromatic N) is 2. The lowest BCUT2D eigenvalue weighted by molar-refractivity contribution is -0.143. The fraction of sp³-hybridized carbons (Fsp3) is 0.882. The van der Waals surface area contributed by atoms with Crippen LogP contribution in [0.3, 0.4) is 0 Å². The maximum Gasteiger partial charge on any atom is 0.242 e. The van der Waals surface area contributed by atoms with Gasteiger partial charge in [0.1, 0.15) is 6.04 Å². The largest absolute Gasteiger partial charge is 0.390 e. The maximum atomic E-state index is 12.2. The minimum absolute atomic E-state index is 0.139. The summed E-state index contributed by atoms with van der Waals surface area (Å²) in [5, 5.41) is 10.6. The molecule has 1 aliphatic rings. The molecule has 3 atom stereocenters. The Bertz CT molecular complexity index is 411. The molecule has 1 rings (SSSR count). The molecule has 1 heterocycles. The van der Waals surface area contributed by atoms with Crippen molar-refractivity contribution in [2.24, 2.45) is 17.6 Å². The predicted octanol–water partition coefficient (Wildman–Crippen LogP) is 0.0641. The molecule has 0 bridgehead atoms. The summed E-state index contributed by atoms with van der Waals surface area (Å²) in [6, 6.07) is -0.990. The quantitative estimate of drug-likeness (QED) is 0.617. The van der Waals surface area contributed by atoms with Crippen molar-refractivity contribution >= 4 is 11.8 Å². The van der Waals surface area contributed by atoms with E-state index in [4.69, 9.17) is 10.5 Å². The zero-order valence-corrected chi connectivity index (χ0v) is 15.4. The zero-order valence-electron chi connectivity index (χ0n) is 15.4. The van der Waals surface area contributed by atoms with Crippen molar-refractivity contribution < 1.29 is 19.4 Å². The highest BCUT2D eigenvalue weighted by Crippen LogP contribution is 2.18. The highest BCUT2D eigenvalue weighted by atomic mass is 16.5. The molecule has 3 N–H and O–H groups in total. The molecular formula is C17H33N3O4. The smallest absolute Gasteiger partial charge is 0.242 e. The molecule has 0 saturated carbocycles. The molecule has 1 saturated heterocycles. The third-order valence-electron chi connectivity index (χ3n) is 4.60. The van der Waals surface area contributed by atoms with Crippen LogP contribution in [-0.4, -0.2) is 78.8 Å². The normalized spacial score (nSPS) is 19.8. The Hall–Kier alpha value is -1.18. The third kappa shape index (κ3) is 6.37. The van der Waals surface area contributed by atoms with Gasteiger partial charge in [-0.2, -0.15) is 0 Å². The summed E-state index contributed by atoms with van der Waals surface area (Å²) in [5.74, 6) is -0.794. The minimum atomic E-state index is -0.990. The van der Waals surface area contributed by atoms with E-state index in [1.165, 1.54) is 11.9 Å². The van der Waals surface area contributed by atoms with Crippen molar-refractivity contribution in [2.75, 3.05) is 39.9 Å². The second kappa shape index (κ2) is 9.96. The predicted molar refractivity (Wildman–Crippen MR) is 92.3 cm³/mol. The molecule has 0 radical (unpaired) electrons. The van der Waals surface area contributed by atoms with Gasteiger partial charge < -0.3 is 20.5 Å². The maximum absolute atomic E-state index is 12.2. The van der Waals surface area contributed by atoms with Crippen LogP contribution in [-0.2, 0) is 14.3 Å². The fourth-order valence-electron chi connectivity index (χ4n) is 2.93. The van der Waals surface area contributed by atoms with E-state index in [0.29, 0.717) is 6.42 Å². The summed E-state index contributed by atoms with van der Waals surface area (Å²) in [4.78, 5) is 27.6. The monoisotopic (exact) mass is 343 g/mol. The Labute approximate surface area is 145 Å². The van der Waals surface area contributed by atoms with E-state index in [2.05, 4.69) is 4.90 Å². The van der Waals surface area contributed by atoms with Gasteiger partial charge in [0.15, 0.2) is 0 Å². The summed E-state index contributed by atoms with van der Waals surface area (Å²) < 4.78 is 5.32. The number of nitrogens with two attached hydrogens (primary N) is 1. The number of hydrogen-bond acceptors (Lipinski definition) is 5. The summed E-state index contributed by atoms with van der Waals surface area (Å²) >= 11 is 0. The number of aliphatic hydroxyl groups is 1. The highest BCUT2D eigenvalue weighted by molar-refractivity contribution is 5.87. The molecule has 0 aromatic carbocycles. The molecule has 140 valence electrons. The van der Waals surface area contributed by atoms with Gasteiger partial charge in [0.25, 0.3) is 0 Å². The van der Waals surface area contributed by atoms with Crippen LogP contribution in [0.2, 0.25) is 0 Å². The molecule has 1 fully saturated rings. The molecule has 2 amide bonds. The third-order valence-corrected chi connectivity index (χ3v) is 4.60. The number of ether oxygens (including phenoxy) is 1. The van der Waals surface area contributed by atoms with Crippen LogP contribution in [0.1, 0.15) is 33.6 Å². The lowest BCUT2D eigenvalue weighted by atomic mass is 9.92. The average Bonchev–Trinajstić information content (AvgIpc) is 2.52. The van der Waals surface area contributed by atoms with E-state index in [-0.39, 0.29) is 17.7 Å². The molecule has 7 nitrogen and oxygen atoms in total. The number of aliphatic hydroxyl groups excluding tert-OH is 1. The van der Waals surface area contributed by atoms with Crippen LogP contribution in [0.5, 0.6) is 0 Å². The van der Waals surface area contributed by atoms with Gasteiger partial charge in [0.05, 0.1) is 19.3 Å². The van der Waals surface area contributed by atoms with Gasteiger partial charge in [-0.05, 0) is 24.8 Å². The first kappa shape index (κ1) is 20.9. The number of rotatable bonds is 9. The number of likely N-dealkylation sites (N-methyl/N-ethyl adjacent to an activating group) is 1. The van der Waals surface area contributed by atoms with E-state index in [0.717, 1.165) is 39.3 Å². The van der Waals surface area contributed by atoms with Crippen molar-refractivity contribution in [1.82, 2.24) is 9.80 Å². The number of hydrogen-bond donors (Lipinski definition) is 2. The van der Waals surface area contributed by atoms with Crippen LogP contribution in [0.15, 0.2) is 0 Å². The topological polar surface area (TPSA) is 96.1 Å². The molecule has 1 aliphatic heterocycles. The molecule has 0 spiro atoms. The van der Waals surface area contributed by atoms with Gasteiger partial charge in [0.2, 0.25) is 11.8 Å². The van der Waals surface area contributed by atoms with Gasteiger partial charge in [-0.15, -0.1) is 0 Å². The van der Waals surface area contributed by atoms with Crippen LogP contribution >= 0.6 is 0 Å². The van der Waals surface area contributed by atoms with Crippen LogP contribution in [0, 0.1) is 11.8 Å². The van der Waals surface area contributed by atoms with Crippen molar-refractivity contribution in [3.63, 3.8) is 0 Å². The van der Waals surface area contributed by atoms with E-state index < -0.39 is 18.1 Å². The Morgan fingerprint density at radius 3 is 2.33 bits per heavy atom. The minimum Gasteiger partial charge on any atom is -0.390 e. The lowest BCUT2D eigenvalue weighted by Crippen LogP contribution is -2.54. The van der Waals surface area contributed by atoms with E-state index >= 15 is 0 Å².